The van der Waals surface area contributed by atoms with Gasteiger partial charge in [-0.3, -0.25) is 9.52 Å². The molecule has 7 heteroatoms. The van der Waals surface area contributed by atoms with Crippen molar-refractivity contribution in [1.29, 1.82) is 0 Å². The van der Waals surface area contributed by atoms with Crippen molar-refractivity contribution < 1.29 is 17.9 Å². The minimum atomic E-state index is -3.28. The van der Waals surface area contributed by atoms with Gasteiger partial charge in [0.2, 0.25) is 15.9 Å². The number of anilines is 2. The molecule has 0 heterocycles. The van der Waals surface area contributed by atoms with Crippen LogP contribution in [0.25, 0.3) is 0 Å². The molecule has 0 bridgehead atoms. The van der Waals surface area contributed by atoms with E-state index in [4.69, 9.17) is 4.74 Å². The number of carbonyl (C=O) groups is 1. The van der Waals surface area contributed by atoms with E-state index in [1.165, 1.54) is 0 Å². The smallest absolute Gasteiger partial charge is 0.250 e. The largest absolute Gasteiger partial charge is 0.372 e. The molecular weight excluding hydrogens is 268 g/mol. The Balaban J connectivity index is 2.59. The lowest BCUT2D eigenvalue weighted by Crippen LogP contribution is -2.18. The zero-order valence-corrected chi connectivity index (χ0v) is 11.8. The first kappa shape index (κ1) is 15.5. The van der Waals surface area contributed by atoms with Crippen LogP contribution in [0.5, 0.6) is 0 Å². The van der Waals surface area contributed by atoms with E-state index in [-0.39, 0.29) is 18.3 Å². The summed E-state index contributed by atoms with van der Waals surface area (Å²) in [5.41, 5.74) is 1.05. The number of carbonyl (C=O) groups excluding carboxylic acids is 1. The first-order chi connectivity index (χ1) is 8.96. The van der Waals surface area contributed by atoms with Crippen LogP contribution in [-0.4, -0.2) is 33.3 Å². The van der Waals surface area contributed by atoms with E-state index in [0.717, 1.165) is 0 Å². The molecule has 106 valence electrons. The van der Waals surface area contributed by atoms with Crippen LogP contribution in [-0.2, 0) is 19.6 Å². The van der Waals surface area contributed by atoms with Crippen molar-refractivity contribution in [2.75, 3.05) is 29.0 Å². The molecule has 0 spiro atoms. The van der Waals surface area contributed by atoms with Crippen molar-refractivity contribution in [3.8, 4) is 0 Å². The third-order valence-corrected chi connectivity index (χ3v) is 3.57. The third kappa shape index (κ3) is 5.71. The summed E-state index contributed by atoms with van der Waals surface area (Å²) >= 11 is 0. The SMILES string of the molecule is CCOCC(=O)Nc1ccc(NS(=O)(=O)CC)cc1. The Morgan fingerprint density at radius 2 is 1.74 bits per heavy atom. The summed E-state index contributed by atoms with van der Waals surface area (Å²) in [5, 5.41) is 2.64. The number of hydrogen-bond donors (Lipinski definition) is 2. The zero-order chi connectivity index (χ0) is 14.3. The zero-order valence-electron chi connectivity index (χ0n) is 11.0. The number of benzene rings is 1. The molecule has 0 aliphatic carbocycles. The van der Waals surface area contributed by atoms with Crippen molar-refractivity contribution in [1.82, 2.24) is 0 Å². The third-order valence-electron chi connectivity index (χ3n) is 2.26. The summed E-state index contributed by atoms with van der Waals surface area (Å²) in [6, 6.07) is 6.42. The lowest BCUT2D eigenvalue weighted by atomic mass is 10.3. The van der Waals surface area contributed by atoms with Crippen LogP contribution in [0.1, 0.15) is 13.8 Å². The monoisotopic (exact) mass is 286 g/mol. The van der Waals surface area contributed by atoms with E-state index >= 15 is 0 Å². The molecule has 0 fully saturated rings. The minimum absolute atomic E-state index is 0.000710. The second-order valence-corrected chi connectivity index (χ2v) is 5.78. The first-order valence-corrected chi connectivity index (χ1v) is 7.60. The molecular formula is C12H18N2O4S. The fourth-order valence-corrected chi connectivity index (χ4v) is 1.90. The summed E-state index contributed by atoms with van der Waals surface area (Å²) in [4.78, 5) is 11.4. The molecule has 0 saturated heterocycles. The van der Waals surface area contributed by atoms with Gasteiger partial charge in [-0.15, -0.1) is 0 Å². The quantitative estimate of drug-likeness (QED) is 0.794. The molecule has 2 N–H and O–H groups in total. The molecule has 0 radical (unpaired) electrons. The fraction of sp³-hybridized carbons (Fsp3) is 0.417. The van der Waals surface area contributed by atoms with Gasteiger partial charge in [0.25, 0.3) is 0 Å². The molecule has 0 atom stereocenters. The van der Waals surface area contributed by atoms with Crippen LogP contribution in [0, 0.1) is 0 Å². The number of sulfonamides is 1. The lowest BCUT2D eigenvalue weighted by molar-refractivity contribution is -0.120. The number of ether oxygens (including phenoxy) is 1. The normalized spacial score (nSPS) is 11.1. The van der Waals surface area contributed by atoms with Gasteiger partial charge in [-0.25, -0.2) is 8.42 Å². The number of rotatable bonds is 7. The summed E-state index contributed by atoms with van der Waals surface area (Å²) in [6.45, 7) is 3.85. The standard InChI is InChI=1S/C12H18N2O4S/c1-3-18-9-12(15)13-10-5-7-11(8-6-10)14-19(16,17)4-2/h5-8,14H,3-4,9H2,1-2H3,(H,13,15). The molecule has 0 unspecified atom stereocenters. The Bertz CT molecular complexity index is 511. The predicted molar refractivity (Wildman–Crippen MR) is 74.6 cm³/mol. The second kappa shape index (κ2) is 7.10. The van der Waals surface area contributed by atoms with Gasteiger partial charge in [-0.1, -0.05) is 0 Å². The maximum Gasteiger partial charge on any atom is 0.250 e. The van der Waals surface area contributed by atoms with E-state index < -0.39 is 10.0 Å². The first-order valence-electron chi connectivity index (χ1n) is 5.95. The molecule has 1 aromatic carbocycles. The Labute approximate surface area is 113 Å². The second-order valence-electron chi connectivity index (χ2n) is 3.77. The van der Waals surface area contributed by atoms with E-state index in [1.807, 2.05) is 6.92 Å². The highest BCUT2D eigenvalue weighted by molar-refractivity contribution is 7.92. The van der Waals surface area contributed by atoms with E-state index in [9.17, 15) is 13.2 Å². The van der Waals surface area contributed by atoms with Crippen molar-refractivity contribution in [2.45, 2.75) is 13.8 Å². The average molecular weight is 286 g/mol. The van der Waals surface area contributed by atoms with Gasteiger partial charge in [0.15, 0.2) is 0 Å². The van der Waals surface area contributed by atoms with Crippen LogP contribution in [0.4, 0.5) is 11.4 Å². The van der Waals surface area contributed by atoms with Gasteiger partial charge >= 0.3 is 0 Å². The van der Waals surface area contributed by atoms with E-state index in [2.05, 4.69) is 10.0 Å². The summed E-state index contributed by atoms with van der Waals surface area (Å²) in [6.07, 6.45) is 0. The molecule has 1 amide bonds. The minimum Gasteiger partial charge on any atom is -0.372 e. The highest BCUT2D eigenvalue weighted by atomic mass is 32.2. The highest BCUT2D eigenvalue weighted by Crippen LogP contribution is 2.14. The predicted octanol–water partition coefficient (Wildman–Crippen LogP) is 1.42. The van der Waals surface area contributed by atoms with E-state index in [1.54, 1.807) is 31.2 Å². The highest BCUT2D eigenvalue weighted by Gasteiger charge is 2.07. The summed E-state index contributed by atoms with van der Waals surface area (Å²) in [7, 11) is -3.28. The molecule has 0 aromatic heterocycles. The molecule has 1 aromatic rings. The molecule has 0 aliphatic heterocycles. The van der Waals surface area contributed by atoms with E-state index in [0.29, 0.717) is 18.0 Å². The van der Waals surface area contributed by atoms with Crippen molar-refractivity contribution in [3.05, 3.63) is 24.3 Å². The average Bonchev–Trinajstić information content (AvgIpc) is 2.38. The summed E-state index contributed by atoms with van der Waals surface area (Å²) < 4.78 is 30.1. The maximum absolute atomic E-state index is 11.4. The number of nitrogens with one attached hydrogen (secondary N) is 2. The Hall–Kier alpha value is -1.60. The van der Waals surface area contributed by atoms with Crippen LogP contribution >= 0.6 is 0 Å². The Morgan fingerprint density at radius 3 is 2.26 bits per heavy atom. The van der Waals surface area contributed by atoms with Crippen LogP contribution < -0.4 is 10.0 Å². The lowest BCUT2D eigenvalue weighted by Gasteiger charge is -2.08. The van der Waals surface area contributed by atoms with Crippen molar-refractivity contribution in [2.24, 2.45) is 0 Å². The molecule has 6 nitrogen and oxygen atoms in total. The van der Waals surface area contributed by atoms with Gasteiger partial charge in [0.1, 0.15) is 6.61 Å². The van der Waals surface area contributed by atoms with Crippen molar-refractivity contribution >= 4 is 27.3 Å². The summed E-state index contributed by atoms with van der Waals surface area (Å²) in [5.74, 6) is -0.233. The molecule has 0 saturated carbocycles. The fourth-order valence-electron chi connectivity index (χ4n) is 1.27. The van der Waals surface area contributed by atoms with Gasteiger partial charge in [0.05, 0.1) is 5.75 Å². The van der Waals surface area contributed by atoms with Crippen LogP contribution in [0.3, 0.4) is 0 Å². The topological polar surface area (TPSA) is 84.5 Å². The van der Waals surface area contributed by atoms with Gasteiger partial charge in [-0.05, 0) is 38.1 Å². The Morgan fingerprint density at radius 1 is 1.16 bits per heavy atom. The van der Waals surface area contributed by atoms with Crippen LogP contribution in [0.2, 0.25) is 0 Å². The molecule has 0 aliphatic rings. The molecule has 19 heavy (non-hydrogen) atoms. The number of amides is 1. The maximum atomic E-state index is 11.4. The van der Waals surface area contributed by atoms with Crippen molar-refractivity contribution in [3.63, 3.8) is 0 Å². The van der Waals surface area contributed by atoms with Gasteiger partial charge in [-0.2, -0.15) is 0 Å². The van der Waals surface area contributed by atoms with Crippen LogP contribution in [0.15, 0.2) is 24.3 Å². The number of hydrogen-bond acceptors (Lipinski definition) is 4. The molecule has 1 rings (SSSR count). The Kier molecular flexibility index (Phi) is 5.78. The van der Waals surface area contributed by atoms with Gasteiger partial charge in [0, 0.05) is 18.0 Å². The van der Waals surface area contributed by atoms with Gasteiger partial charge < -0.3 is 10.1 Å².